The second-order valence-corrected chi connectivity index (χ2v) is 5.75. The van der Waals surface area contributed by atoms with Crippen molar-refractivity contribution >= 4 is 15.9 Å². The lowest BCUT2D eigenvalue weighted by atomic mass is 9.99. The lowest BCUT2D eigenvalue weighted by molar-refractivity contribution is 0.151. The van der Waals surface area contributed by atoms with Crippen LogP contribution >= 0.6 is 15.9 Å². The van der Waals surface area contributed by atoms with E-state index in [1.54, 1.807) is 0 Å². The van der Waals surface area contributed by atoms with E-state index < -0.39 is 0 Å². The third kappa shape index (κ3) is 3.99. The zero-order chi connectivity index (χ0) is 13.7. The summed E-state index contributed by atoms with van der Waals surface area (Å²) in [6, 6.07) is 5.31. The molecule has 1 aromatic carbocycles. The van der Waals surface area contributed by atoms with E-state index in [0.717, 1.165) is 42.6 Å². The van der Waals surface area contributed by atoms with Gasteiger partial charge in [-0.05, 0) is 25.0 Å². The molecular weight excluding hydrogens is 311 g/mol. The van der Waals surface area contributed by atoms with Crippen LogP contribution in [0.5, 0.6) is 0 Å². The summed E-state index contributed by atoms with van der Waals surface area (Å²) < 4.78 is 14.9. The summed E-state index contributed by atoms with van der Waals surface area (Å²) in [7, 11) is 0. The highest BCUT2D eigenvalue weighted by Gasteiger charge is 2.24. The Labute approximate surface area is 121 Å². The van der Waals surface area contributed by atoms with Gasteiger partial charge in [-0.2, -0.15) is 0 Å². The third-order valence-corrected chi connectivity index (χ3v) is 4.04. The van der Waals surface area contributed by atoms with Crippen molar-refractivity contribution in [2.45, 2.75) is 18.9 Å². The highest BCUT2D eigenvalue weighted by molar-refractivity contribution is 9.10. The van der Waals surface area contributed by atoms with E-state index in [-0.39, 0.29) is 18.5 Å². The Bertz CT molecular complexity index is 410. The Kier molecular flexibility index (Phi) is 5.76. The molecule has 1 aliphatic heterocycles. The fourth-order valence-electron chi connectivity index (χ4n) is 2.58. The monoisotopic (exact) mass is 330 g/mol. The second-order valence-electron chi connectivity index (χ2n) is 4.83. The first-order chi connectivity index (χ1) is 9.22. The molecule has 0 unspecified atom stereocenters. The van der Waals surface area contributed by atoms with Crippen LogP contribution in [0.15, 0.2) is 22.7 Å². The molecule has 1 heterocycles. The van der Waals surface area contributed by atoms with Gasteiger partial charge in [0.25, 0.3) is 0 Å². The summed E-state index contributed by atoms with van der Waals surface area (Å²) in [5, 5.41) is 12.4. The maximum Gasteiger partial charge on any atom is 0.129 e. The van der Waals surface area contributed by atoms with Crippen LogP contribution in [-0.2, 0) is 0 Å². The number of aliphatic hydroxyl groups is 1. The van der Waals surface area contributed by atoms with Gasteiger partial charge in [-0.1, -0.05) is 22.0 Å². The Morgan fingerprint density at radius 1 is 1.37 bits per heavy atom. The van der Waals surface area contributed by atoms with E-state index in [1.807, 2.05) is 12.1 Å². The molecule has 0 radical (unpaired) electrons. The zero-order valence-corrected chi connectivity index (χ0v) is 12.5. The van der Waals surface area contributed by atoms with Crippen LogP contribution in [0.4, 0.5) is 4.39 Å². The van der Waals surface area contributed by atoms with Gasteiger partial charge < -0.3 is 10.4 Å². The summed E-state index contributed by atoms with van der Waals surface area (Å²) in [5.74, 6) is -0.171. The van der Waals surface area contributed by atoms with E-state index in [4.69, 9.17) is 5.11 Å². The molecule has 3 nitrogen and oxygen atoms in total. The fourth-order valence-corrected chi connectivity index (χ4v) is 2.92. The molecule has 2 rings (SSSR count). The van der Waals surface area contributed by atoms with Crippen molar-refractivity contribution in [3.63, 3.8) is 0 Å². The summed E-state index contributed by atoms with van der Waals surface area (Å²) in [6.07, 6.45) is 1.49. The van der Waals surface area contributed by atoms with E-state index in [2.05, 4.69) is 26.1 Å². The van der Waals surface area contributed by atoms with Crippen LogP contribution in [0, 0.1) is 5.82 Å². The zero-order valence-electron chi connectivity index (χ0n) is 10.9. The third-order valence-electron chi connectivity index (χ3n) is 3.55. The molecule has 2 N–H and O–H groups in total. The minimum atomic E-state index is -0.171. The molecule has 0 bridgehead atoms. The standard InChI is InChI=1S/C14H20BrFN2O/c15-11-3-4-12(13(16)10-11)14(2-1-9-19)18-7-5-17-6-8-18/h3-4,10,14,17,19H,1-2,5-9H2/t14-/m1/s1. The molecular formula is C14H20BrFN2O. The molecule has 0 amide bonds. The summed E-state index contributed by atoms with van der Waals surface area (Å²) in [4.78, 5) is 2.30. The van der Waals surface area contributed by atoms with Crippen molar-refractivity contribution in [1.29, 1.82) is 0 Å². The molecule has 1 aliphatic rings. The van der Waals surface area contributed by atoms with Gasteiger partial charge in [0.05, 0.1) is 0 Å². The predicted octanol–water partition coefficient (Wildman–Crippen LogP) is 2.31. The van der Waals surface area contributed by atoms with Gasteiger partial charge in [0.15, 0.2) is 0 Å². The quantitative estimate of drug-likeness (QED) is 0.869. The Morgan fingerprint density at radius 3 is 2.74 bits per heavy atom. The van der Waals surface area contributed by atoms with Crippen molar-refractivity contribution in [3.05, 3.63) is 34.1 Å². The summed E-state index contributed by atoms with van der Waals surface area (Å²) in [5.41, 5.74) is 0.735. The molecule has 19 heavy (non-hydrogen) atoms. The fraction of sp³-hybridized carbons (Fsp3) is 0.571. The number of nitrogens with one attached hydrogen (secondary N) is 1. The number of nitrogens with zero attached hydrogens (tertiary/aromatic N) is 1. The minimum Gasteiger partial charge on any atom is -0.396 e. The van der Waals surface area contributed by atoms with E-state index in [0.29, 0.717) is 6.42 Å². The molecule has 1 aromatic rings. The maximum atomic E-state index is 14.1. The van der Waals surface area contributed by atoms with Crippen molar-refractivity contribution < 1.29 is 9.50 Å². The Balaban J connectivity index is 2.19. The van der Waals surface area contributed by atoms with Gasteiger partial charge in [-0.3, -0.25) is 4.90 Å². The van der Waals surface area contributed by atoms with Crippen LogP contribution < -0.4 is 5.32 Å². The van der Waals surface area contributed by atoms with Crippen LogP contribution in [-0.4, -0.2) is 42.8 Å². The van der Waals surface area contributed by atoms with Crippen LogP contribution in [0.1, 0.15) is 24.4 Å². The molecule has 1 saturated heterocycles. The topological polar surface area (TPSA) is 35.5 Å². The number of rotatable bonds is 5. The van der Waals surface area contributed by atoms with Gasteiger partial charge in [-0.15, -0.1) is 0 Å². The smallest absolute Gasteiger partial charge is 0.129 e. The van der Waals surface area contributed by atoms with Crippen molar-refractivity contribution in [3.8, 4) is 0 Å². The first kappa shape index (κ1) is 14.9. The van der Waals surface area contributed by atoms with Crippen molar-refractivity contribution in [2.24, 2.45) is 0 Å². The number of halogens is 2. The number of hydrogen-bond donors (Lipinski definition) is 2. The van der Waals surface area contributed by atoms with Gasteiger partial charge in [-0.25, -0.2) is 4.39 Å². The minimum absolute atomic E-state index is 0.0577. The molecule has 0 aliphatic carbocycles. The van der Waals surface area contributed by atoms with Crippen LogP contribution in [0.25, 0.3) is 0 Å². The Hall–Kier alpha value is -0.490. The van der Waals surface area contributed by atoms with E-state index >= 15 is 0 Å². The molecule has 0 spiro atoms. The average Bonchev–Trinajstić information content (AvgIpc) is 2.42. The van der Waals surface area contributed by atoms with Gasteiger partial charge in [0.1, 0.15) is 5.82 Å². The number of piperazine rings is 1. The van der Waals surface area contributed by atoms with Crippen molar-refractivity contribution in [2.75, 3.05) is 32.8 Å². The first-order valence-corrected chi connectivity index (χ1v) is 7.52. The molecule has 1 fully saturated rings. The molecule has 0 saturated carbocycles. The summed E-state index contributed by atoms with van der Waals surface area (Å²) in [6.45, 7) is 3.87. The average molecular weight is 331 g/mol. The van der Waals surface area contributed by atoms with Gasteiger partial charge >= 0.3 is 0 Å². The first-order valence-electron chi connectivity index (χ1n) is 6.73. The van der Waals surface area contributed by atoms with E-state index in [9.17, 15) is 4.39 Å². The van der Waals surface area contributed by atoms with Gasteiger partial charge in [0, 0.05) is 48.9 Å². The Morgan fingerprint density at radius 2 is 2.11 bits per heavy atom. The molecule has 0 aromatic heterocycles. The number of hydrogen-bond acceptors (Lipinski definition) is 3. The lowest BCUT2D eigenvalue weighted by Crippen LogP contribution is -2.45. The predicted molar refractivity (Wildman–Crippen MR) is 77.6 cm³/mol. The molecule has 1 atom stereocenters. The number of benzene rings is 1. The van der Waals surface area contributed by atoms with Gasteiger partial charge in [0.2, 0.25) is 0 Å². The van der Waals surface area contributed by atoms with Crippen LogP contribution in [0.3, 0.4) is 0 Å². The van der Waals surface area contributed by atoms with Crippen molar-refractivity contribution in [1.82, 2.24) is 10.2 Å². The highest BCUT2D eigenvalue weighted by Crippen LogP contribution is 2.29. The maximum absolute atomic E-state index is 14.1. The molecule has 106 valence electrons. The molecule has 5 heteroatoms. The summed E-state index contributed by atoms with van der Waals surface area (Å²) >= 11 is 3.29. The lowest BCUT2D eigenvalue weighted by Gasteiger charge is -2.35. The highest BCUT2D eigenvalue weighted by atomic mass is 79.9. The largest absolute Gasteiger partial charge is 0.396 e. The second kappa shape index (κ2) is 7.33. The SMILES string of the molecule is OCCC[C@H](c1ccc(Br)cc1F)N1CCNCC1. The van der Waals surface area contributed by atoms with Crippen LogP contribution in [0.2, 0.25) is 0 Å². The van der Waals surface area contributed by atoms with E-state index in [1.165, 1.54) is 6.07 Å². The normalized spacial score (nSPS) is 18.5. The number of aliphatic hydroxyl groups excluding tert-OH is 1.